The van der Waals surface area contributed by atoms with Gasteiger partial charge in [-0.05, 0) is 71.0 Å². The molecular formula is C24H28N6O3. The van der Waals surface area contributed by atoms with Crippen LogP contribution in [0.15, 0.2) is 51.9 Å². The number of nitrogens with one attached hydrogen (secondary N) is 1. The van der Waals surface area contributed by atoms with Crippen molar-refractivity contribution < 1.29 is 9.15 Å². The third-order valence-corrected chi connectivity index (χ3v) is 6.13. The molecule has 4 heterocycles. The number of furan rings is 1. The minimum absolute atomic E-state index is 0.0701. The highest BCUT2D eigenvalue weighted by molar-refractivity contribution is 5.79. The number of aryl methyl sites for hydroxylation is 1. The van der Waals surface area contributed by atoms with Crippen molar-refractivity contribution in [3.63, 3.8) is 0 Å². The van der Waals surface area contributed by atoms with Gasteiger partial charge in [-0.1, -0.05) is 13.0 Å². The Bertz CT molecular complexity index is 1260. The van der Waals surface area contributed by atoms with Gasteiger partial charge < -0.3 is 14.1 Å². The Morgan fingerprint density at radius 1 is 1.24 bits per heavy atom. The van der Waals surface area contributed by atoms with Crippen LogP contribution in [0.3, 0.4) is 0 Å². The van der Waals surface area contributed by atoms with Gasteiger partial charge in [-0.2, -0.15) is 0 Å². The SMILES string of the molecule is CCc1ccc2[nH]c(=O)c(CN(Cc3nnnn3Cc3ccco3)CC3CCCO3)cc2c1. The van der Waals surface area contributed by atoms with Gasteiger partial charge in [0.05, 0.1) is 18.9 Å². The van der Waals surface area contributed by atoms with E-state index in [0.717, 1.165) is 53.9 Å². The molecule has 1 saturated heterocycles. The van der Waals surface area contributed by atoms with E-state index in [1.807, 2.05) is 24.3 Å². The molecule has 0 amide bonds. The van der Waals surface area contributed by atoms with Crippen LogP contribution in [-0.2, 0) is 30.8 Å². The number of benzene rings is 1. The zero-order chi connectivity index (χ0) is 22.6. The van der Waals surface area contributed by atoms with Crippen LogP contribution in [0.5, 0.6) is 0 Å². The third-order valence-electron chi connectivity index (χ3n) is 6.13. The summed E-state index contributed by atoms with van der Waals surface area (Å²) < 4.78 is 13.1. The molecule has 4 aromatic rings. The van der Waals surface area contributed by atoms with E-state index in [1.54, 1.807) is 10.9 Å². The molecule has 9 nitrogen and oxygen atoms in total. The monoisotopic (exact) mass is 448 g/mol. The van der Waals surface area contributed by atoms with Gasteiger partial charge >= 0.3 is 0 Å². The van der Waals surface area contributed by atoms with Gasteiger partial charge in [0.1, 0.15) is 12.3 Å². The molecular weight excluding hydrogens is 420 g/mol. The number of ether oxygens (including phenoxy) is 1. The summed E-state index contributed by atoms with van der Waals surface area (Å²) in [5, 5.41) is 13.3. The van der Waals surface area contributed by atoms with Crippen molar-refractivity contribution in [2.75, 3.05) is 13.2 Å². The summed E-state index contributed by atoms with van der Waals surface area (Å²) in [5.41, 5.74) is 2.75. The molecule has 0 aliphatic carbocycles. The fourth-order valence-corrected chi connectivity index (χ4v) is 4.35. The van der Waals surface area contributed by atoms with Crippen molar-refractivity contribution in [2.45, 2.75) is 51.9 Å². The van der Waals surface area contributed by atoms with Crippen molar-refractivity contribution in [3.8, 4) is 0 Å². The van der Waals surface area contributed by atoms with Gasteiger partial charge in [-0.25, -0.2) is 4.68 Å². The average Bonchev–Trinajstić information content (AvgIpc) is 3.59. The number of fused-ring (bicyclic) bond motifs is 1. The predicted octanol–water partition coefficient (Wildman–Crippen LogP) is 2.90. The van der Waals surface area contributed by atoms with E-state index in [4.69, 9.17) is 9.15 Å². The van der Waals surface area contributed by atoms with Crippen LogP contribution in [0, 0.1) is 0 Å². The van der Waals surface area contributed by atoms with E-state index in [1.165, 1.54) is 5.56 Å². The topological polar surface area (TPSA) is 102 Å². The summed E-state index contributed by atoms with van der Waals surface area (Å²) in [6, 6.07) is 11.9. The molecule has 0 spiro atoms. The number of rotatable bonds is 9. The van der Waals surface area contributed by atoms with E-state index in [9.17, 15) is 4.79 Å². The van der Waals surface area contributed by atoms with E-state index >= 15 is 0 Å². The Hall–Kier alpha value is -3.30. The van der Waals surface area contributed by atoms with Crippen molar-refractivity contribution >= 4 is 10.9 Å². The lowest BCUT2D eigenvalue weighted by Gasteiger charge is -2.24. The molecule has 172 valence electrons. The predicted molar refractivity (Wildman–Crippen MR) is 123 cm³/mol. The minimum atomic E-state index is -0.0701. The van der Waals surface area contributed by atoms with E-state index in [2.05, 4.69) is 44.5 Å². The van der Waals surface area contributed by atoms with Crippen LogP contribution in [-0.4, -0.2) is 49.3 Å². The highest BCUT2D eigenvalue weighted by atomic mass is 16.5. The first-order valence-corrected chi connectivity index (χ1v) is 11.4. The van der Waals surface area contributed by atoms with Gasteiger partial charge in [-0.15, -0.1) is 5.10 Å². The molecule has 33 heavy (non-hydrogen) atoms. The van der Waals surface area contributed by atoms with Crippen LogP contribution in [0.1, 0.15) is 42.5 Å². The van der Waals surface area contributed by atoms with Crippen molar-refractivity contribution in [2.24, 2.45) is 0 Å². The molecule has 1 aliphatic heterocycles. The molecule has 5 rings (SSSR count). The standard InChI is InChI=1S/C24H28N6O3/c1-2-17-7-8-22-18(11-17)12-19(24(31)25-22)13-29(14-20-5-3-9-32-20)16-23-26-27-28-30(23)15-21-6-4-10-33-21/h4,6-8,10-12,20H,2-3,5,9,13-16H2,1H3,(H,25,31). The Balaban J connectivity index is 1.41. The smallest absolute Gasteiger partial charge is 0.252 e. The molecule has 1 unspecified atom stereocenters. The molecule has 1 aliphatic rings. The molecule has 1 aromatic carbocycles. The molecule has 1 atom stereocenters. The summed E-state index contributed by atoms with van der Waals surface area (Å²) in [4.78, 5) is 18.1. The normalized spacial score (nSPS) is 16.2. The van der Waals surface area contributed by atoms with Gasteiger partial charge in [0, 0.05) is 30.8 Å². The minimum Gasteiger partial charge on any atom is -0.467 e. The molecule has 0 bridgehead atoms. The first-order chi connectivity index (χ1) is 16.2. The number of tetrazole rings is 1. The largest absolute Gasteiger partial charge is 0.467 e. The second-order valence-electron chi connectivity index (χ2n) is 8.54. The second kappa shape index (κ2) is 9.68. The van der Waals surface area contributed by atoms with Crippen LogP contribution in [0.25, 0.3) is 10.9 Å². The Morgan fingerprint density at radius 3 is 2.97 bits per heavy atom. The molecule has 1 fully saturated rings. The second-order valence-corrected chi connectivity index (χ2v) is 8.54. The fourth-order valence-electron chi connectivity index (χ4n) is 4.35. The van der Waals surface area contributed by atoms with Crippen LogP contribution in [0.4, 0.5) is 0 Å². The first kappa shape index (κ1) is 21.5. The van der Waals surface area contributed by atoms with Crippen molar-refractivity contribution in [1.82, 2.24) is 30.1 Å². The van der Waals surface area contributed by atoms with Gasteiger partial charge in [0.25, 0.3) is 5.56 Å². The van der Waals surface area contributed by atoms with Crippen molar-refractivity contribution in [3.05, 3.63) is 75.7 Å². The summed E-state index contributed by atoms with van der Waals surface area (Å²) in [7, 11) is 0. The third kappa shape index (κ3) is 5.04. The van der Waals surface area contributed by atoms with Crippen LogP contribution in [0.2, 0.25) is 0 Å². The number of aromatic amines is 1. The van der Waals surface area contributed by atoms with Crippen LogP contribution >= 0.6 is 0 Å². The summed E-state index contributed by atoms with van der Waals surface area (Å²) in [6.07, 6.45) is 4.81. The maximum absolute atomic E-state index is 12.9. The van der Waals surface area contributed by atoms with Gasteiger partial charge in [0.2, 0.25) is 0 Å². The number of pyridine rings is 1. The summed E-state index contributed by atoms with van der Waals surface area (Å²) in [5.74, 6) is 1.50. The van der Waals surface area contributed by atoms with E-state index in [0.29, 0.717) is 26.2 Å². The lowest BCUT2D eigenvalue weighted by atomic mass is 10.1. The highest BCUT2D eigenvalue weighted by Gasteiger charge is 2.22. The number of hydrogen-bond donors (Lipinski definition) is 1. The summed E-state index contributed by atoms with van der Waals surface area (Å²) >= 11 is 0. The average molecular weight is 449 g/mol. The zero-order valence-electron chi connectivity index (χ0n) is 18.7. The number of hydrogen-bond acceptors (Lipinski definition) is 7. The van der Waals surface area contributed by atoms with E-state index < -0.39 is 0 Å². The molecule has 0 saturated carbocycles. The van der Waals surface area contributed by atoms with Gasteiger partial charge in [0.15, 0.2) is 5.82 Å². The lowest BCUT2D eigenvalue weighted by Crippen LogP contribution is -2.34. The van der Waals surface area contributed by atoms with Crippen LogP contribution < -0.4 is 5.56 Å². The zero-order valence-corrected chi connectivity index (χ0v) is 18.7. The number of H-pyrrole nitrogens is 1. The van der Waals surface area contributed by atoms with Crippen molar-refractivity contribution in [1.29, 1.82) is 0 Å². The maximum Gasteiger partial charge on any atom is 0.252 e. The Morgan fingerprint density at radius 2 is 2.18 bits per heavy atom. The number of nitrogens with zero attached hydrogens (tertiary/aromatic N) is 5. The lowest BCUT2D eigenvalue weighted by molar-refractivity contribution is 0.0663. The summed E-state index contributed by atoms with van der Waals surface area (Å²) in [6.45, 7) is 5.06. The molecule has 3 aromatic heterocycles. The van der Waals surface area contributed by atoms with Gasteiger partial charge in [-0.3, -0.25) is 9.69 Å². The molecule has 1 N–H and O–H groups in total. The number of aromatic nitrogens is 5. The fraction of sp³-hybridized carbons (Fsp3) is 0.417. The highest BCUT2D eigenvalue weighted by Crippen LogP contribution is 2.19. The molecule has 0 radical (unpaired) electrons. The maximum atomic E-state index is 12.9. The van der Waals surface area contributed by atoms with E-state index in [-0.39, 0.29) is 11.7 Å². The first-order valence-electron chi connectivity index (χ1n) is 11.4. The quantitative estimate of drug-likeness (QED) is 0.420. The molecule has 9 heteroatoms. The Kier molecular flexibility index (Phi) is 6.32. The Labute approximate surface area is 191 Å².